The molecule has 5 nitrogen and oxygen atoms in total. The molecule has 94 valence electrons. The highest BCUT2D eigenvalue weighted by molar-refractivity contribution is 7.98. The Morgan fingerprint density at radius 2 is 1.94 bits per heavy atom. The van der Waals surface area contributed by atoms with Gasteiger partial charge in [0, 0.05) is 12.7 Å². The molecule has 0 bridgehead atoms. The van der Waals surface area contributed by atoms with Crippen molar-refractivity contribution in [1.29, 1.82) is 0 Å². The van der Waals surface area contributed by atoms with E-state index < -0.39 is 5.97 Å². The smallest absolute Gasteiger partial charge is 0.307 e. The fraction of sp³-hybridized carbons (Fsp3) is 0.250. The van der Waals surface area contributed by atoms with Crippen molar-refractivity contribution in [1.82, 2.24) is 10.2 Å². The number of thioether (sulfide) groups is 1. The van der Waals surface area contributed by atoms with Gasteiger partial charge in [0.15, 0.2) is 0 Å². The van der Waals surface area contributed by atoms with Gasteiger partial charge in [0.1, 0.15) is 0 Å². The molecule has 2 aromatic rings. The van der Waals surface area contributed by atoms with Gasteiger partial charge < -0.3 is 9.52 Å². The molecule has 1 aromatic heterocycles. The number of carbonyl (C=O) groups is 1. The fourth-order valence-corrected chi connectivity index (χ4v) is 2.17. The SMILES string of the molecule is Cc1nnc(SCc2ccc(CC(=O)O)cc2)o1. The van der Waals surface area contributed by atoms with Crippen LogP contribution >= 0.6 is 11.8 Å². The summed E-state index contributed by atoms with van der Waals surface area (Å²) >= 11 is 1.46. The monoisotopic (exact) mass is 264 g/mol. The summed E-state index contributed by atoms with van der Waals surface area (Å²) < 4.78 is 5.24. The molecule has 0 radical (unpaired) electrons. The van der Waals surface area contributed by atoms with Crippen molar-refractivity contribution in [2.24, 2.45) is 0 Å². The predicted octanol–water partition coefficient (Wildman–Crippen LogP) is 2.30. The normalized spacial score (nSPS) is 10.5. The second-order valence-electron chi connectivity index (χ2n) is 3.76. The molecule has 6 heteroatoms. The summed E-state index contributed by atoms with van der Waals surface area (Å²) in [5.41, 5.74) is 1.88. The molecular formula is C12H12N2O3S. The van der Waals surface area contributed by atoms with E-state index in [9.17, 15) is 4.79 Å². The van der Waals surface area contributed by atoms with Crippen molar-refractivity contribution in [3.05, 3.63) is 41.3 Å². The minimum Gasteiger partial charge on any atom is -0.481 e. The number of aliphatic carboxylic acids is 1. The molecule has 0 saturated heterocycles. The van der Waals surface area contributed by atoms with Gasteiger partial charge in [0.2, 0.25) is 5.89 Å². The van der Waals surface area contributed by atoms with Crippen LogP contribution in [-0.4, -0.2) is 21.3 Å². The zero-order valence-electron chi connectivity index (χ0n) is 9.79. The summed E-state index contributed by atoms with van der Waals surface area (Å²) in [7, 11) is 0. The summed E-state index contributed by atoms with van der Waals surface area (Å²) in [6.45, 7) is 1.75. The summed E-state index contributed by atoms with van der Waals surface area (Å²) in [6, 6.07) is 7.47. The van der Waals surface area contributed by atoms with Crippen LogP contribution in [0.4, 0.5) is 0 Å². The molecule has 18 heavy (non-hydrogen) atoms. The van der Waals surface area contributed by atoms with Gasteiger partial charge in [0.25, 0.3) is 5.22 Å². The van der Waals surface area contributed by atoms with Crippen LogP contribution in [0.15, 0.2) is 33.9 Å². The highest BCUT2D eigenvalue weighted by Crippen LogP contribution is 2.21. The van der Waals surface area contributed by atoms with Crippen LogP contribution in [0.25, 0.3) is 0 Å². The van der Waals surface area contributed by atoms with Crippen LogP contribution in [0, 0.1) is 6.92 Å². The number of hydrogen-bond acceptors (Lipinski definition) is 5. The first-order chi connectivity index (χ1) is 8.63. The van der Waals surface area contributed by atoms with E-state index in [1.165, 1.54) is 11.8 Å². The van der Waals surface area contributed by atoms with Crippen molar-refractivity contribution < 1.29 is 14.3 Å². The Morgan fingerprint density at radius 1 is 1.28 bits per heavy atom. The second kappa shape index (κ2) is 5.68. The summed E-state index contributed by atoms with van der Waals surface area (Å²) in [6.07, 6.45) is 0.0519. The lowest BCUT2D eigenvalue weighted by Crippen LogP contribution is -1.99. The van der Waals surface area contributed by atoms with Gasteiger partial charge in [-0.05, 0) is 11.1 Å². The average molecular weight is 264 g/mol. The molecule has 0 aliphatic rings. The number of carboxylic acid groups (broad SMARTS) is 1. The number of aromatic nitrogens is 2. The highest BCUT2D eigenvalue weighted by Gasteiger charge is 2.04. The molecule has 0 spiro atoms. The molecule has 0 aliphatic carbocycles. The number of benzene rings is 1. The Bertz CT molecular complexity index is 537. The molecule has 0 saturated carbocycles. The maximum Gasteiger partial charge on any atom is 0.307 e. The van der Waals surface area contributed by atoms with Crippen LogP contribution < -0.4 is 0 Å². The molecule has 2 rings (SSSR count). The zero-order chi connectivity index (χ0) is 13.0. The highest BCUT2D eigenvalue weighted by atomic mass is 32.2. The summed E-state index contributed by atoms with van der Waals surface area (Å²) in [5, 5.41) is 16.8. The van der Waals surface area contributed by atoms with Crippen molar-refractivity contribution in [3.8, 4) is 0 Å². The zero-order valence-corrected chi connectivity index (χ0v) is 10.6. The van der Waals surface area contributed by atoms with Gasteiger partial charge >= 0.3 is 5.97 Å². The third-order valence-electron chi connectivity index (χ3n) is 2.25. The van der Waals surface area contributed by atoms with Gasteiger partial charge in [-0.15, -0.1) is 10.2 Å². The van der Waals surface area contributed by atoms with Gasteiger partial charge in [-0.2, -0.15) is 0 Å². The third-order valence-corrected chi connectivity index (χ3v) is 3.14. The molecule has 0 amide bonds. The van der Waals surface area contributed by atoms with E-state index in [0.29, 0.717) is 11.1 Å². The first-order valence-corrected chi connectivity index (χ1v) is 6.34. The van der Waals surface area contributed by atoms with E-state index in [2.05, 4.69) is 10.2 Å². The van der Waals surface area contributed by atoms with E-state index in [-0.39, 0.29) is 6.42 Å². The van der Waals surface area contributed by atoms with E-state index in [4.69, 9.17) is 9.52 Å². The molecule has 0 atom stereocenters. The van der Waals surface area contributed by atoms with Crippen molar-refractivity contribution in [2.75, 3.05) is 0 Å². The quantitative estimate of drug-likeness (QED) is 0.835. The van der Waals surface area contributed by atoms with Gasteiger partial charge in [-0.25, -0.2) is 0 Å². The Kier molecular flexibility index (Phi) is 3.99. The van der Waals surface area contributed by atoms with Crippen molar-refractivity contribution >= 4 is 17.7 Å². The Balaban J connectivity index is 1.92. The molecule has 0 aliphatic heterocycles. The lowest BCUT2D eigenvalue weighted by Gasteiger charge is -2.00. The Labute approximate surface area is 108 Å². The van der Waals surface area contributed by atoms with Gasteiger partial charge in [0.05, 0.1) is 6.42 Å². The number of nitrogens with zero attached hydrogens (tertiary/aromatic N) is 2. The van der Waals surface area contributed by atoms with Crippen molar-refractivity contribution in [2.45, 2.75) is 24.3 Å². The maximum absolute atomic E-state index is 10.5. The molecule has 1 aromatic carbocycles. The van der Waals surface area contributed by atoms with Crippen LogP contribution in [0.1, 0.15) is 17.0 Å². The molecular weight excluding hydrogens is 252 g/mol. The first-order valence-electron chi connectivity index (χ1n) is 5.36. The molecule has 0 fully saturated rings. The van der Waals surface area contributed by atoms with Crippen LogP contribution in [0.3, 0.4) is 0 Å². The fourth-order valence-electron chi connectivity index (χ4n) is 1.41. The van der Waals surface area contributed by atoms with Gasteiger partial charge in [-0.1, -0.05) is 36.0 Å². The standard InChI is InChI=1S/C12H12N2O3S/c1-8-13-14-12(17-8)18-7-10-4-2-9(3-5-10)6-11(15)16/h2-5H,6-7H2,1H3,(H,15,16). The number of carboxylic acids is 1. The van der Waals surface area contributed by atoms with E-state index in [1.807, 2.05) is 24.3 Å². The Morgan fingerprint density at radius 3 is 2.50 bits per heavy atom. The van der Waals surface area contributed by atoms with E-state index in [0.717, 1.165) is 16.9 Å². The molecule has 0 unspecified atom stereocenters. The lowest BCUT2D eigenvalue weighted by atomic mass is 10.1. The van der Waals surface area contributed by atoms with Gasteiger partial charge in [-0.3, -0.25) is 4.79 Å². The maximum atomic E-state index is 10.5. The van der Waals surface area contributed by atoms with E-state index in [1.54, 1.807) is 6.92 Å². The average Bonchev–Trinajstić information content (AvgIpc) is 2.74. The first kappa shape index (κ1) is 12.6. The number of rotatable bonds is 5. The summed E-state index contributed by atoms with van der Waals surface area (Å²) in [4.78, 5) is 10.5. The van der Waals surface area contributed by atoms with Crippen molar-refractivity contribution in [3.63, 3.8) is 0 Å². The topological polar surface area (TPSA) is 76.2 Å². The lowest BCUT2D eigenvalue weighted by molar-refractivity contribution is -0.136. The second-order valence-corrected chi connectivity index (χ2v) is 4.69. The number of hydrogen-bond donors (Lipinski definition) is 1. The van der Waals surface area contributed by atoms with Crippen LogP contribution in [0.2, 0.25) is 0 Å². The van der Waals surface area contributed by atoms with E-state index >= 15 is 0 Å². The summed E-state index contributed by atoms with van der Waals surface area (Å²) in [5.74, 6) is 0.447. The van der Waals surface area contributed by atoms with Crippen LogP contribution in [-0.2, 0) is 17.0 Å². The molecule has 1 N–H and O–H groups in total. The largest absolute Gasteiger partial charge is 0.481 e. The van der Waals surface area contributed by atoms with Crippen LogP contribution in [0.5, 0.6) is 0 Å². The minimum absolute atomic E-state index is 0.0519. The molecule has 1 heterocycles. The Hall–Kier alpha value is -1.82. The number of aryl methyl sites for hydroxylation is 1. The minimum atomic E-state index is -0.821. The predicted molar refractivity (Wildman–Crippen MR) is 66.4 cm³/mol. The third kappa shape index (κ3) is 3.59.